The predicted molar refractivity (Wildman–Crippen MR) is 99.4 cm³/mol. The minimum atomic E-state index is -1.04. The Kier molecular flexibility index (Phi) is 4.24. The Bertz CT molecular complexity index is 969. The van der Waals surface area contributed by atoms with Crippen LogP contribution >= 0.6 is 0 Å². The van der Waals surface area contributed by atoms with E-state index in [0.717, 1.165) is 11.1 Å². The summed E-state index contributed by atoms with van der Waals surface area (Å²) in [4.78, 5) is 26.9. The second-order valence-electron chi connectivity index (χ2n) is 6.49. The first kappa shape index (κ1) is 17.0. The number of aromatic nitrogens is 1. The van der Waals surface area contributed by atoms with Gasteiger partial charge in [0.25, 0.3) is 5.91 Å². The molecule has 1 saturated heterocycles. The molecule has 3 aromatic rings. The van der Waals surface area contributed by atoms with Gasteiger partial charge in [-0.05, 0) is 12.0 Å². The van der Waals surface area contributed by atoms with Gasteiger partial charge in [0.2, 0.25) is 0 Å². The number of nitrogens with one attached hydrogen (secondary N) is 1. The van der Waals surface area contributed by atoms with Gasteiger partial charge < -0.3 is 9.84 Å². The largest absolute Gasteiger partial charge is 0.356 e. The molecule has 27 heavy (non-hydrogen) atoms. The number of hydrogen-bond acceptors (Lipinski definition) is 4. The van der Waals surface area contributed by atoms with Gasteiger partial charge in [0, 0.05) is 11.6 Å². The molecule has 2 heterocycles. The van der Waals surface area contributed by atoms with Crippen molar-refractivity contribution in [1.29, 1.82) is 0 Å². The molecule has 0 radical (unpaired) electrons. The molecule has 2 aromatic carbocycles. The van der Waals surface area contributed by atoms with Crippen LogP contribution in [0.1, 0.15) is 24.6 Å². The second-order valence-corrected chi connectivity index (χ2v) is 6.49. The zero-order chi connectivity index (χ0) is 18.9. The van der Waals surface area contributed by atoms with Crippen LogP contribution in [0.5, 0.6) is 0 Å². The normalized spacial score (nSPS) is 19.4. The Morgan fingerprint density at radius 1 is 1.04 bits per heavy atom. The fourth-order valence-corrected chi connectivity index (χ4v) is 3.42. The van der Waals surface area contributed by atoms with E-state index in [2.05, 4.69) is 10.5 Å². The molecular formula is C21H19N3O3. The molecule has 0 unspecified atom stereocenters. The van der Waals surface area contributed by atoms with Crippen LogP contribution < -0.4 is 5.32 Å². The highest BCUT2D eigenvalue weighted by Crippen LogP contribution is 2.33. The van der Waals surface area contributed by atoms with Crippen LogP contribution in [-0.2, 0) is 16.9 Å². The van der Waals surface area contributed by atoms with Crippen LogP contribution in [0, 0.1) is 0 Å². The molecule has 0 saturated carbocycles. The summed E-state index contributed by atoms with van der Waals surface area (Å²) in [5.74, 6) is 0.327. The molecule has 1 fully saturated rings. The van der Waals surface area contributed by atoms with Crippen LogP contribution in [0.3, 0.4) is 0 Å². The highest BCUT2D eigenvalue weighted by atomic mass is 16.5. The van der Waals surface area contributed by atoms with Gasteiger partial charge in [-0.1, -0.05) is 72.7 Å². The minimum absolute atomic E-state index is 0.0651. The van der Waals surface area contributed by atoms with Crippen LogP contribution in [0.2, 0.25) is 0 Å². The van der Waals surface area contributed by atoms with E-state index in [0.29, 0.717) is 17.9 Å². The van der Waals surface area contributed by atoms with Gasteiger partial charge in [-0.25, -0.2) is 4.79 Å². The van der Waals surface area contributed by atoms with E-state index >= 15 is 0 Å². The monoisotopic (exact) mass is 361 g/mol. The van der Waals surface area contributed by atoms with Gasteiger partial charge in [0.1, 0.15) is 11.2 Å². The van der Waals surface area contributed by atoms with Crippen LogP contribution in [0.4, 0.5) is 4.79 Å². The fraction of sp³-hybridized carbons (Fsp3) is 0.190. The number of amides is 3. The quantitative estimate of drug-likeness (QED) is 0.703. The van der Waals surface area contributed by atoms with E-state index in [1.165, 1.54) is 4.90 Å². The molecule has 1 atom stereocenters. The number of benzene rings is 2. The smallest absolute Gasteiger partial charge is 0.325 e. The lowest BCUT2D eigenvalue weighted by Crippen LogP contribution is -2.43. The second kappa shape index (κ2) is 6.72. The average Bonchev–Trinajstić information content (AvgIpc) is 3.28. The van der Waals surface area contributed by atoms with E-state index < -0.39 is 11.6 Å². The summed E-state index contributed by atoms with van der Waals surface area (Å²) in [5.41, 5.74) is 1.15. The Morgan fingerprint density at radius 2 is 1.70 bits per heavy atom. The van der Waals surface area contributed by atoms with Crippen LogP contribution in [-0.4, -0.2) is 22.0 Å². The molecule has 0 bridgehead atoms. The Hall–Kier alpha value is -3.41. The van der Waals surface area contributed by atoms with Crippen LogP contribution in [0.25, 0.3) is 11.3 Å². The van der Waals surface area contributed by atoms with Crippen molar-refractivity contribution in [2.45, 2.75) is 25.4 Å². The van der Waals surface area contributed by atoms with Gasteiger partial charge in [-0.2, -0.15) is 0 Å². The van der Waals surface area contributed by atoms with Crippen molar-refractivity contribution in [3.8, 4) is 11.3 Å². The average molecular weight is 361 g/mol. The molecule has 1 N–H and O–H groups in total. The summed E-state index contributed by atoms with van der Waals surface area (Å²) in [6.07, 6.45) is 0.464. The maximum absolute atomic E-state index is 13.1. The van der Waals surface area contributed by atoms with E-state index in [9.17, 15) is 9.59 Å². The maximum Gasteiger partial charge on any atom is 0.325 e. The van der Waals surface area contributed by atoms with Crippen molar-refractivity contribution < 1.29 is 14.1 Å². The van der Waals surface area contributed by atoms with E-state index in [1.807, 2.05) is 67.6 Å². The third kappa shape index (κ3) is 2.89. The maximum atomic E-state index is 13.1. The number of carbonyl (C=O) groups is 2. The highest BCUT2D eigenvalue weighted by Gasteiger charge is 2.51. The van der Waals surface area contributed by atoms with Gasteiger partial charge in [0.15, 0.2) is 5.76 Å². The van der Waals surface area contributed by atoms with Gasteiger partial charge >= 0.3 is 6.03 Å². The summed E-state index contributed by atoms with van der Waals surface area (Å²) in [6, 6.07) is 20.2. The molecule has 4 rings (SSSR count). The van der Waals surface area contributed by atoms with Crippen molar-refractivity contribution in [3.63, 3.8) is 0 Å². The Labute approximate surface area is 156 Å². The lowest BCUT2D eigenvalue weighted by molar-refractivity contribution is -0.132. The topological polar surface area (TPSA) is 75.4 Å². The Balaban J connectivity index is 1.59. The summed E-state index contributed by atoms with van der Waals surface area (Å²) < 4.78 is 5.37. The summed E-state index contributed by atoms with van der Waals surface area (Å²) in [7, 11) is 0. The van der Waals surface area contributed by atoms with Crippen molar-refractivity contribution in [3.05, 3.63) is 78.0 Å². The van der Waals surface area contributed by atoms with E-state index in [1.54, 1.807) is 6.07 Å². The minimum Gasteiger partial charge on any atom is -0.356 e. The number of rotatable bonds is 5. The summed E-state index contributed by atoms with van der Waals surface area (Å²) >= 11 is 0. The molecule has 1 aromatic heterocycles. The molecule has 0 spiro atoms. The van der Waals surface area contributed by atoms with Crippen molar-refractivity contribution >= 4 is 11.9 Å². The van der Waals surface area contributed by atoms with Crippen LogP contribution in [0.15, 0.2) is 71.3 Å². The van der Waals surface area contributed by atoms with E-state index in [4.69, 9.17) is 4.52 Å². The molecular weight excluding hydrogens is 342 g/mol. The van der Waals surface area contributed by atoms with Crippen molar-refractivity contribution in [2.75, 3.05) is 0 Å². The zero-order valence-electron chi connectivity index (χ0n) is 14.9. The lowest BCUT2D eigenvalue weighted by Gasteiger charge is -2.25. The third-order valence-corrected chi connectivity index (χ3v) is 4.91. The lowest BCUT2D eigenvalue weighted by atomic mass is 9.87. The summed E-state index contributed by atoms with van der Waals surface area (Å²) in [5, 5.41) is 6.89. The number of hydrogen-bond donors (Lipinski definition) is 1. The number of urea groups is 1. The number of nitrogens with zero attached hydrogens (tertiary/aromatic N) is 2. The summed E-state index contributed by atoms with van der Waals surface area (Å²) in [6.45, 7) is 1.95. The zero-order valence-corrected chi connectivity index (χ0v) is 14.9. The van der Waals surface area contributed by atoms with Gasteiger partial charge in [0.05, 0.1) is 6.54 Å². The fourth-order valence-electron chi connectivity index (χ4n) is 3.42. The van der Waals surface area contributed by atoms with Crippen molar-refractivity contribution in [2.24, 2.45) is 0 Å². The van der Waals surface area contributed by atoms with Crippen molar-refractivity contribution in [1.82, 2.24) is 15.4 Å². The SMILES string of the molecule is CC[C@]1(c2ccccc2)NC(=O)N(Cc2cc(-c3ccccc3)on2)C1=O. The first-order valence-corrected chi connectivity index (χ1v) is 8.84. The molecule has 136 valence electrons. The number of imide groups is 1. The standard InChI is InChI=1S/C21H19N3O3/c1-2-21(16-11-7-4-8-12-16)19(25)24(20(26)22-21)14-17-13-18(27-23-17)15-9-5-3-6-10-15/h3-13H,2,14H2,1H3,(H,22,26)/t21-/m1/s1. The first-order chi connectivity index (χ1) is 13.1. The molecule has 3 amide bonds. The predicted octanol–water partition coefficient (Wildman–Crippen LogP) is 3.70. The Morgan fingerprint density at radius 3 is 2.37 bits per heavy atom. The van der Waals surface area contributed by atoms with Gasteiger partial charge in [-0.3, -0.25) is 9.69 Å². The van der Waals surface area contributed by atoms with Gasteiger partial charge in [-0.15, -0.1) is 0 Å². The molecule has 1 aliphatic rings. The third-order valence-electron chi connectivity index (χ3n) is 4.91. The molecule has 0 aliphatic carbocycles. The molecule has 6 heteroatoms. The molecule has 1 aliphatic heterocycles. The molecule has 6 nitrogen and oxygen atoms in total. The van der Waals surface area contributed by atoms with E-state index in [-0.39, 0.29) is 12.5 Å². The first-order valence-electron chi connectivity index (χ1n) is 8.84. The highest BCUT2D eigenvalue weighted by molar-refractivity contribution is 6.07. The number of carbonyl (C=O) groups excluding carboxylic acids is 2.